The average molecular weight is 366 g/mol. The average Bonchev–Trinajstić information content (AvgIpc) is 2.97. The van der Waals surface area contributed by atoms with Crippen LogP contribution < -0.4 is 5.32 Å². The van der Waals surface area contributed by atoms with Gasteiger partial charge in [0.15, 0.2) is 0 Å². The number of hydrogen-bond donors (Lipinski definition) is 1. The highest BCUT2D eigenvalue weighted by Crippen LogP contribution is 2.27. The molecule has 0 unspecified atom stereocenters. The maximum atomic E-state index is 12.8. The Bertz CT molecular complexity index is 861. The normalized spacial score (nSPS) is 10.6. The minimum atomic E-state index is -0.360. The molecule has 0 saturated carbocycles. The number of benzene rings is 2. The van der Waals surface area contributed by atoms with Crippen molar-refractivity contribution in [2.24, 2.45) is 0 Å². The fourth-order valence-corrected chi connectivity index (χ4v) is 2.54. The molecule has 1 aromatic heterocycles. The summed E-state index contributed by atoms with van der Waals surface area (Å²) in [6.07, 6.45) is 0.0565. The van der Waals surface area contributed by atoms with Crippen molar-refractivity contribution in [1.29, 1.82) is 0 Å². The molecule has 0 saturated heterocycles. The third-order valence-electron chi connectivity index (χ3n) is 3.06. The second-order valence-electron chi connectivity index (χ2n) is 4.92. The van der Waals surface area contributed by atoms with Crippen LogP contribution in [0.1, 0.15) is 5.56 Å². The molecule has 24 heavy (non-hydrogen) atoms. The van der Waals surface area contributed by atoms with Crippen molar-refractivity contribution >= 4 is 35.1 Å². The zero-order valence-electron chi connectivity index (χ0n) is 12.1. The van der Waals surface area contributed by atoms with E-state index in [1.165, 1.54) is 24.3 Å². The minimum Gasteiger partial charge on any atom is -0.403 e. The lowest BCUT2D eigenvalue weighted by molar-refractivity contribution is -0.115. The third kappa shape index (κ3) is 4.10. The van der Waals surface area contributed by atoms with Crippen LogP contribution in [0.2, 0.25) is 10.0 Å². The Balaban J connectivity index is 1.69. The Morgan fingerprint density at radius 3 is 2.42 bits per heavy atom. The SMILES string of the molecule is O=C(Cc1ccc(F)cc1)Nc1nnc(-c2cc(Cl)cc(Cl)c2)o1. The van der Waals surface area contributed by atoms with Gasteiger partial charge in [-0.05, 0) is 35.9 Å². The number of anilines is 1. The molecule has 3 rings (SSSR count). The van der Waals surface area contributed by atoms with E-state index in [1.807, 2.05) is 0 Å². The second kappa shape index (κ2) is 6.98. The molecule has 0 spiro atoms. The number of amides is 1. The molecule has 1 N–H and O–H groups in total. The molecule has 5 nitrogen and oxygen atoms in total. The Morgan fingerprint density at radius 2 is 1.75 bits per heavy atom. The highest BCUT2D eigenvalue weighted by molar-refractivity contribution is 6.35. The van der Waals surface area contributed by atoms with Gasteiger partial charge in [0, 0.05) is 15.6 Å². The molecule has 0 fully saturated rings. The molecule has 0 bridgehead atoms. The predicted octanol–water partition coefficient (Wildman–Crippen LogP) is 4.36. The van der Waals surface area contributed by atoms with Gasteiger partial charge in [0.05, 0.1) is 6.42 Å². The molecule has 0 radical (unpaired) electrons. The van der Waals surface area contributed by atoms with Crippen LogP contribution in [0, 0.1) is 5.82 Å². The zero-order chi connectivity index (χ0) is 17.1. The van der Waals surface area contributed by atoms with Crippen LogP contribution in [-0.4, -0.2) is 16.1 Å². The van der Waals surface area contributed by atoms with Crippen molar-refractivity contribution in [2.75, 3.05) is 5.32 Å². The van der Waals surface area contributed by atoms with Crippen LogP contribution >= 0.6 is 23.2 Å². The van der Waals surface area contributed by atoms with Crippen molar-refractivity contribution in [3.8, 4) is 11.5 Å². The number of carbonyl (C=O) groups excluding carboxylic acids is 1. The monoisotopic (exact) mass is 365 g/mol. The fraction of sp³-hybridized carbons (Fsp3) is 0.0625. The zero-order valence-corrected chi connectivity index (χ0v) is 13.6. The maximum absolute atomic E-state index is 12.8. The smallest absolute Gasteiger partial charge is 0.322 e. The van der Waals surface area contributed by atoms with Crippen molar-refractivity contribution in [3.05, 3.63) is 63.9 Å². The van der Waals surface area contributed by atoms with Gasteiger partial charge in [0.1, 0.15) is 5.82 Å². The van der Waals surface area contributed by atoms with E-state index >= 15 is 0 Å². The number of nitrogens with one attached hydrogen (secondary N) is 1. The number of hydrogen-bond acceptors (Lipinski definition) is 4. The Labute approximate surface area is 146 Å². The van der Waals surface area contributed by atoms with Crippen molar-refractivity contribution < 1.29 is 13.6 Å². The van der Waals surface area contributed by atoms with Gasteiger partial charge in [-0.2, -0.15) is 0 Å². The van der Waals surface area contributed by atoms with Gasteiger partial charge in [-0.15, -0.1) is 5.10 Å². The summed E-state index contributed by atoms with van der Waals surface area (Å²) < 4.78 is 18.2. The minimum absolute atomic E-state index is 0.0480. The lowest BCUT2D eigenvalue weighted by Gasteiger charge is -2.01. The lowest BCUT2D eigenvalue weighted by Crippen LogP contribution is -2.14. The van der Waals surface area contributed by atoms with Gasteiger partial charge in [0.2, 0.25) is 11.8 Å². The van der Waals surface area contributed by atoms with Gasteiger partial charge in [-0.25, -0.2) is 4.39 Å². The van der Waals surface area contributed by atoms with Crippen LogP contribution in [0.15, 0.2) is 46.9 Å². The number of carbonyl (C=O) groups is 1. The molecule has 1 amide bonds. The maximum Gasteiger partial charge on any atom is 0.322 e. The molecule has 3 aromatic rings. The lowest BCUT2D eigenvalue weighted by atomic mass is 10.1. The largest absolute Gasteiger partial charge is 0.403 e. The third-order valence-corrected chi connectivity index (χ3v) is 3.50. The van der Waals surface area contributed by atoms with E-state index in [9.17, 15) is 9.18 Å². The first-order chi connectivity index (χ1) is 11.5. The number of aromatic nitrogens is 2. The van der Waals surface area contributed by atoms with Crippen LogP contribution in [-0.2, 0) is 11.2 Å². The number of nitrogens with zero attached hydrogens (tertiary/aromatic N) is 2. The quantitative estimate of drug-likeness (QED) is 0.745. The topological polar surface area (TPSA) is 68.0 Å². The predicted molar refractivity (Wildman–Crippen MR) is 88.5 cm³/mol. The first kappa shape index (κ1) is 16.4. The van der Waals surface area contributed by atoms with E-state index in [0.717, 1.165) is 0 Å². The molecule has 8 heteroatoms. The first-order valence-corrected chi connectivity index (χ1v) is 7.59. The Kier molecular flexibility index (Phi) is 4.78. The Morgan fingerprint density at radius 1 is 1.08 bits per heavy atom. The molecule has 0 aliphatic heterocycles. The molecule has 2 aromatic carbocycles. The summed E-state index contributed by atoms with van der Waals surface area (Å²) >= 11 is 11.8. The summed E-state index contributed by atoms with van der Waals surface area (Å²) in [6, 6.07) is 10.4. The van der Waals surface area contributed by atoms with Gasteiger partial charge < -0.3 is 4.42 Å². The van der Waals surface area contributed by atoms with Crippen LogP contribution in [0.3, 0.4) is 0 Å². The van der Waals surface area contributed by atoms with Gasteiger partial charge in [-0.3, -0.25) is 10.1 Å². The first-order valence-electron chi connectivity index (χ1n) is 6.84. The van der Waals surface area contributed by atoms with Crippen molar-refractivity contribution in [2.45, 2.75) is 6.42 Å². The van der Waals surface area contributed by atoms with E-state index in [1.54, 1.807) is 18.2 Å². The second-order valence-corrected chi connectivity index (χ2v) is 5.79. The summed E-state index contributed by atoms with van der Waals surface area (Å²) in [6.45, 7) is 0. The van der Waals surface area contributed by atoms with Gasteiger partial charge in [-0.1, -0.05) is 40.4 Å². The fourth-order valence-electron chi connectivity index (χ4n) is 2.02. The van der Waals surface area contributed by atoms with Crippen molar-refractivity contribution in [3.63, 3.8) is 0 Å². The van der Waals surface area contributed by atoms with Crippen molar-refractivity contribution in [1.82, 2.24) is 10.2 Å². The van der Waals surface area contributed by atoms with E-state index in [0.29, 0.717) is 21.2 Å². The summed E-state index contributed by atoms with van der Waals surface area (Å²) in [5, 5.41) is 10.9. The van der Waals surface area contributed by atoms with Gasteiger partial charge in [0.25, 0.3) is 0 Å². The summed E-state index contributed by atoms with van der Waals surface area (Å²) in [5.74, 6) is -0.543. The standard InChI is InChI=1S/C16H10Cl2FN3O2/c17-11-6-10(7-12(18)8-11)15-21-22-16(24-15)20-14(23)5-9-1-3-13(19)4-2-9/h1-4,6-8H,5H2,(H,20,22,23). The molecule has 0 aliphatic rings. The molecule has 0 atom stereocenters. The van der Waals surface area contributed by atoms with Crippen LogP contribution in [0.25, 0.3) is 11.5 Å². The molecular weight excluding hydrogens is 356 g/mol. The summed E-state index contributed by atoms with van der Waals surface area (Å²) in [4.78, 5) is 11.9. The highest BCUT2D eigenvalue weighted by atomic mass is 35.5. The summed E-state index contributed by atoms with van der Waals surface area (Å²) in [7, 11) is 0. The molecular formula is C16H10Cl2FN3O2. The Hall–Kier alpha value is -2.44. The van der Waals surface area contributed by atoms with Crippen LogP contribution in [0.5, 0.6) is 0 Å². The number of rotatable bonds is 4. The van der Waals surface area contributed by atoms with E-state index < -0.39 is 0 Å². The summed E-state index contributed by atoms with van der Waals surface area (Å²) in [5.41, 5.74) is 1.20. The van der Waals surface area contributed by atoms with Crippen LogP contribution in [0.4, 0.5) is 10.4 Å². The molecule has 0 aliphatic carbocycles. The van der Waals surface area contributed by atoms with Gasteiger partial charge >= 0.3 is 6.01 Å². The molecule has 1 heterocycles. The number of halogens is 3. The highest BCUT2D eigenvalue weighted by Gasteiger charge is 2.13. The van der Waals surface area contributed by atoms with E-state index in [4.69, 9.17) is 27.6 Å². The molecule has 122 valence electrons. The van der Waals surface area contributed by atoms with E-state index in [-0.39, 0.29) is 30.1 Å². The van der Waals surface area contributed by atoms with E-state index in [2.05, 4.69) is 15.5 Å².